The van der Waals surface area contributed by atoms with Crippen LogP contribution in [0, 0.1) is 13.8 Å². The lowest BCUT2D eigenvalue weighted by Gasteiger charge is -2.10. The highest BCUT2D eigenvalue weighted by molar-refractivity contribution is 5.75. The van der Waals surface area contributed by atoms with Gasteiger partial charge in [0.1, 0.15) is 11.5 Å². The van der Waals surface area contributed by atoms with Gasteiger partial charge in [0.2, 0.25) is 5.91 Å². The van der Waals surface area contributed by atoms with Crippen molar-refractivity contribution in [3.05, 3.63) is 35.8 Å². The molecule has 0 aliphatic heterocycles. The van der Waals surface area contributed by atoms with Gasteiger partial charge in [-0.25, -0.2) is 0 Å². The number of hydrogen-bond donors (Lipinski definition) is 2. The van der Waals surface area contributed by atoms with Gasteiger partial charge in [-0.2, -0.15) is 0 Å². The first kappa shape index (κ1) is 14.5. The maximum atomic E-state index is 11.3. The van der Waals surface area contributed by atoms with E-state index in [4.69, 9.17) is 4.42 Å². The van der Waals surface area contributed by atoms with E-state index in [0.29, 0.717) is 25.8 Å². The summed E-state index contributed by atoms with van der Waals surface area (Å²) in [7, 11) is 0. The SMILES string of the molecule is C=CCCC(=O)NCCC(O)c1cc(C)oc1C. The molecule has 1 amide bonds. The molecule has 1 heterocycles. The van der Waals surface area contributed by atoms with Crippen LogP contribution in [0.3, 0.4) is 0 Å². The average Bonchev–Trinajstić information content (AvgIpc) is 2.65. The van der Waals surface area contributed by atoms with Crippen LogP contribution in [0.25, 0.3) is 0 Å². The van der Waals surface area contributed by atoms with E-state index >= 15 is 0 Å². The number of hydrogen-bond acceptors (Lipinski definition) is 3. The summed E-state index contributed by atoms with van der Waals surface area (Å²) in [6.07, 6.45) is 2.73. The Labute approximate surface area is 108 Å². The molecule has 1 unspecified atom stereocenters. The van der Waals surface area contributed by atoms with Gasteiger partial charge in [-0.1, -0.05) is 6.08 Å². The molecule has 2 N–H and O–H groups in total. The van der Waals surface area contributed by atoms with Gasteiger partial charge >= 0.3 is 0 Å². The monoisotopic (exact) mass is 251 g/mol. The average molecular weight is 251 g/mol. The van der Waals surface area contributed by atoms with Crippen LogP contribution >= 0.6 is 0 Å². The molecule has 0 spiro atoms. The standard InChI is InChI=1S/C14H21NO3/c1-4-5-6-14(17)15-8-7-13(16)12-9-10(2)18-11(12)3/h4,9,13,16H,1,5-8H2,2-3H3,(H,15,17). The van der Waals surface area contributed by atoms with Crippen molar-refractivity contribution in [1.82, 2.24) is 5.32 Å². The van der Waals surface area contributed by atoms with Gasteiger partial charge in [-0.05, 0) is 32.8 Å². The highest BCUT2D eigenvalue weighted by Crippen LogP contribution is 2.23. The Balaban J connectivity index is 2.33. The topological polar surface area (TPSA) is 62.5 Å². The molecule has 0 aromatic carbocycles. The third-order valence-electron chi connectivity index (χ3n) is 2.75. The van der Waals surface area contributed by atoms with Crippen molar-refractivity contribution in [3.63, 3.8) is 0 Å². The Morgan fingerprint density at radius 3 is 2.89 bits per heavy atom. The minimum absolute atomic E-state index is 0.0119. The van der Waals surface area contributed by atoms with E-state index < -0.39 is 6.10 Å². The van der Waals surface area contributed by atoms with Gasteiger partial charge in [-0.3, -0.25) is 4.79 Å². The third kappa shape index (κ3) is 4.37. The predicted molar refractivity (Wildman–Crippen MR) is 70.2 cm³/mol. The molecule has 0 fully saturated rings. The summed E-state index contributed by atoms with van der Waals surface area (Å²) in [4.78, 5) is 11.3. The van der Waals surface area contributed by atoms with Crippen LogP contribution in [-0.4, -0.2) is 17.6 Å². The fourth-order valence-corrected chi connectivity index (χ4v) is 1.81. The second-order valence-corrected chi connectivity index (χ2v) is 4.35. The molecule has 0 bridgehead atoms. The number of rotatable bonds is 7. The first-order valence-corrected chi connectivity index (χ1v) is 6.17. The molecule has 1 aromatic rings. The number of furan rings is 1. The molecular weight excluding hydrogens is 230 g/mol. The molecule has 0 saturated carbocycles. The molecule has 0 radical (unpaired) electrons. The van der Waals surface area contributed by atoms with Gasteiger partial charge in [-0.15, -0.1) is 6.58 Å². The Kier molecular flexibility index (Phi) is 5.65. The maximum Gasteiger partial charge on any atom is 0.220 e. The fourth-order valence-electron chi connectivity index (χ4n) is 1.81. The van der Waals surface area contributed by atoms with Crippen molar-refractivity contribution in [2.75, 3.05) is 6.54 Å². The van der Waals surface area contributed by atoms with E-state index in [9.17, 15) is 9.90 Å². The summed E-state index contributed by atoms with van der Waals surface area (Å²) in [5, 5.41) is 12.7. The number of aliphatic hydroxyl groups is 1. The Morgan fingerprint density at radius 2 is 2.33 bits per heavy atom. The van der Waals surface area contributed by atoms with Crippen molar-refractivity contribution in [2.45, 2.75) is 39.2 Å². The minimum atomic E-state index is -0.595. The molecule has 4 heteroatoms. The normalized spacial score (nSPS) is 12.2. The van der Waals surface area contributed by atoms with Gasteiger partial charge < -0.3 is 14.8 Å². The Bertz CT molecular complexity index is 409. The summed E-state index contributed by atoms with van der Waals surface area (Å²) < 4.78 is 5.36. The van der Waals surface area contributed by atoms with Crippen molar-refractivity contribution < 1.29 is 14.3 Å². The summed E-state index contributed by atoms with van der Waals surface area (Å²) >= 11 is 0. The molecule has 1 rings (SSSR count). The van der Waals surface area contributed by atoms with Gasteiger partial charge in [0.15, 0.2) is 0 Å². The first-order valence-electron chi connectivity index (χ1n) is 6.17. The molecule has 0 aliphatic rings. The third-order valence-corrected chi connectivity index (χ3v) is 2.75. The van der Waals surface area contributed by atoms with Gasteiger partial charge in [0.05, 0.1) is 6.10 Å². The largest absolute Gasteiger partial charge is 0.466 e. The zero-order valence-corrected chi connectivity index (χ0v) is 11.0. The first-order chi connectivity index (χ1) is 8.54. The number of nitrogens with one attached hydrogen (secondary N) is 1. The number of carbonyl (C=O) groups excluding carboxylic acids is 1. The van der Waals surface area contributed by atoms with Crippen molar-refractivity contribution >= 4 is 5.91 Å². The quantitative estimate of drug-likeness (QED) is 0.731. The number of aliphatic hydroxyl groups excluding tert-OH is 1. The van der Waals surface area contributed by atoms with Crippen LogP contribution in [0.2, 0.25) is 0 Å². The van der Waals surface area contributed by atoms with Crippen LogP contribution < -0.4 is 5.32 Å². The predicted octanol–water partition coefficient (Wildman–Crippen LogP) is 2.40. The maximum absolute atomic E-state index is 11.3. The summed E-state index contributed by atoms with van der Waals surface area (Å²) in [5.41, 5.74) is 0.799. The zero-order chi connectivity index (χ0) is 13.5. The van der Waals surface area contributed by atoms with E-state index in [0.717, 1.165) is 17.1 Å². The molecule has 0 aliphatic carbocycles. The summed E-state index contributed by atoms with van der Waals surface area (Å²) in [6.45, 7) is 7.70. The lowest BCUT2D eigenvalue weighted by molar-refractivity contribution is -0.121. The number of carbonyl (C=O) groups is 1. The van der Waals surface area contributed by atoms with E-state index in [2.05, 4.69) is 11.9 Å². The van der Waals surface area contributed by atoms with Crippen LogP contribution in [0.5, 0.6) is 0 Å². The molecule has 4 nitrogen and oxygen atoms in total. The fraction of sp³-hybridized carbons (Fsp3) is 0.500. The molecular formula is C14H21NO3. The lowest BCUT2D eigenvalue weighted by atomic mass is 10.1. The number of amides is 1. The molecule has 100 valence electrons. The van der Waals surface area contributed by atoms with Crippen molar-refractivity contribution in [2.24, 2.45) is 0 Å². The summed E-state index contributed by atoms with van der Waals surface area (Å²) in [6, 6.07) is 1.83. The van der Waals surface area contributed by atoms with Crippen molar-refractivity contribution in [1.29, 1.82) is 0 Å². The summed E-state index contributed by atoms with van der Waals surface area (Å²) in [5.74, 6) is 1.51. The van der Waals surface area contributed by atoms with Crippen LogP contribution in [0.1, 0.15) is 42.5 Å². The second kappa shape index (κ2) is 7.01. The van der Waals surface area contributed by atoms with E-state index in [-0.39, 0.29) is 5.91 Å². The second-order valence-electron chi connectivity index (χ2n) is 4.35. The van der Waals surface area contributed by atoms with Gasteiger partial charge in [0, 0.05) is 18.5 Å². The van der Waals surface area contributed by atoms with Crippen LogP contribution in [-0.2, 0) is 4.79 Å². The molecule has 18 heavy (non-hydrogen) atoms. The molecule has 0 saturated heterocycles. The molecule has 1 aromatic heterocycles. The van der Waals surface area contributed by atoms with Crippen LogP contribution in [0.4, 0.5) is 0 Å². The van der Waals surface area contributed by atoms with Gasteiger partial charge in [0.25, 0.3) is 0 Å². The lowest BCUT2D eigenvalue weighted by Crippen LogP contribution is -2.25. The highest BCUT2D eigenvalue weighted by Gasteiger charge is 2.14. The Hall–Kier alpha value is -1.55. The number of aryl methyl sites for hydroxylation is 2. The minimum Gasteiger partial charge on any atom is -0.466 e. The smallest absolute Gasteiger partial charge is 0.220 e. The Morgan fingerprint density at radius 1 is 1.61 bits per heavy atom. The van der Waals surface area contributed by atoms with Crippen LogP contribution in [0.15, 0.2) is 23.1 Å². The van der Waals surface area contributed by atoms with Crippen molar-refractivity contribution in [3.8, 4) is 0 Å². The highest BCUT2D eigenvalue weighted by atomic mass is 16.3. The van der Waals surface area contributed by atoms with E-state index in [1.165, 1.54) is 0 Å². The molecule has 1 atom stereocenters. The van der Waals surface area contributed by atoms with E-state index in [1.54, 1.807) is 6.08 Å². The zero-order valence-electron chi connectivity index (χ0n) is 11.0. The number of allylic oxidation sites excluding steroid dienone is 1. The van der Waals surface area contributed by atoms with E-state index in [1.807, 2.05) is 19.9 Å².